The second-order valence-electron chi connectivity index (χ2n) is 4.41. The predicted octanol–water partition coefficient (Wildman–Crippen LogP) is 4.70. The van der Waals surface area contributed by atoms with Crippen molar-refractivity contribution in [3.05, 3.63) is 57.2 Å². The maximum absolute atomic E-state index is 6.01. The molecule has 0 saturated carbocycles. The number of benzene rings is 1. The van der Waals surface area contributed by atoms with Gasteiger partial charge in [-0.3, -0.25) is 5.43 Å². The Labute approximate surface area is 125 Å². The van der Waals surface area contributed by atoms with Gasteiger partial charge in [0.2, 0.25) is 0 Å². The summed E-state index contributed by atoms with van der Waals surface area (Å²) in [6, 6.07) is 9.66. The Morgan fingerprint density at radius 2 is 2.20 bits per heavy atom. The zero-order valence-electron chi connectivity index (χ0n) is 10.8. The topological polar surface area (TPSA) is 37.3 Å². The van der Waals surface area contributed by atoms with Gasteiger partial charge in [0.05, 0.1) is 11.7 Å². The summed E-state index contributed by atoms with van der Waals surface area (Å²) in [5, 5.41) is 10.0. The number of aromatic nitrogens is 1. The van der Waals surface area contributed by atoms with E-state index in [-0.39, 0.29) is 0 Å². The van der Waals surface area contributed by atoms with Gasteiger partial charge in [0.1, 0.15) is 5.82 Å². The highest BCUT2D eigenvalue weighted by Gasteiger charge is 2.02. The molecule has 0 radical (unpaired) electrons. The van der Waals surface area contributed by atoms with Crippen molar-refractivity contribution in [2.45, 2.75) is 6.92 Å². The van der Waals surface area contributed by atoms with Crippen LogP contribution in [0.5, 0.6) is 0 Å². The molecule has 1 aromatic carbocycles. The van der Waals surface area contributed by atoms with Crippen LogP contribution in [0, 0.1) is 6.92 Å². The van der Waals surface area contributed by atoms with Crippen molar-refractivity contribution in [1.29, 1.82) is 0 Å². The number of pyridine rings is 1. The van der Waals surface area contributed by atoms with E-state index >= 15 is 0 Å². The van der Waals surface area contributed by atoms with E-state index in [4.69, 9.17) is 11.6 Å². The van der Waals surface area contributed by atoms with Gasteiger partial charge in [-0.05, 0) is 53.6 Å². The number of hydrazone groups is 1. The average Bonchev–Trinajstić information content (AvgIpc) is 2.93. The van der Waals surface area contributed by atoms with E-state index in [1.54, 1.807) is 17.6 Å². The summed E-state index contributed by atoms with van der Waals surface area (Å²) in [6.45, 7) is 2.04. The van der Waals surface area contributed by atoms with Crippen molar-refractivity contribution in [3.8, 4) is 0 Å². The number of thiophene rings is 1. The molecule has 0 unspecified atom stereocenters. The van der Waals surface area contributed by atoms with Crippen molar-refractivity contribution in [2.24, 2.45) is 5.10 Å². The summed E-state index contributed by atoms with van der Waals surface area (Å²) in [4.78, 5) is 4.52. The Hall–Kier alpha value is -1.91. The SMILES string of the molecule is Cc1cc(N/N=C/c2ccsc2)nc2ccc(Cl)cc12. The fourth-order valence-corrected chi connectivity index (χ4v) is 2.73. The number of nitrogens with zero attached hydrogens (tertiary/aromatic N) is 2. The van der Waals surface area contributed by atoms with Crippen molar-refractivity contribution in [3.63, 3.8) is 0 Å². The Morgan fingerprint density at radius 1 is 1.30 bits per heavy atom. The minimum atomic E-state index is 0.721. The molecular formula is C15H12ClN3S. The Balaban J connectivity index is 1.87. The molecule has 20 heavy (non-hydrogen) atoms. The third-order valence-electron chi connectivity index (χ3n) is 2.91. The van der Waals surface area contributed by atoms with E-state index in [2.05, 4.69) is 15.5 Å². The van der Waals surface area contributed by atoms with Gasteiger partial charge in [-0.15, -0.1) is 0 Å². The van der Waals surface area contributed by atoms with Crippen molar-refractivity contribution in [2.75, 3.05) is 5.43 Å². The van der Waals surface area contributed by atoms with Crippen LogP contribution in [0.1, 0.15) is 11.1 Å². The predicted molar refractivity (Wildman–Crippen MR) is 87.0 cm³/mol. The molecule has 2 heterocycles. The van der Waals surface area contributed by atoms with Gasteiger partial charge in [0.15, 0.2) is 0 Å². The molecule has 5 heteroatoms. The van der Waals surface area contributed by atoms with Crippen LogP contribution in [0.25, 0.3) is 10.9 Å². The maximum atomic E-state index is 6.01. The largest absolute Gasteiger partial charge is 0.261 e. The fourth-order valence-electron chi connectivity index (χ4n) is 1.95. The minimum Gasteiger partial charge on any atom is -0.261 e. The zero-order chi connectivity index (χ0) is 13.9. The molecule has 0 aliphatic heterocycles. The standard InChI is InChI=1S/C15H12ClN3S/c1-10-6-15(19-17-8-11-4-5-20-9-11)18-14-3-2-12(16)7-13(10)14/h2-9H,1H3,(H,18,19)/b17-8+. The normalized spacial score (nSPS) is 11.3. The molecule has 0 aliphatic carbocycles. The van der Waals surface area contributed by atoms with Gasteiger partial charge < -0.3 is 0 Å². The third kappa shape index (κ3) is 2.81. The van der Waals surface area contributed by atoms with Crippen LogP contribution in [-0.4, -0.2) is 11.2 Å². The first-order valence-corrected chi connectivity index (χ1v) is 7.42. The summed E-state index contributed by atoms with van der Waals surface area (Å²) in [5.74, 6) is 0.726. The van der Waals surface area contributed by atoms with E-state index in [0.717, 1.165) is 32.9 Å². The summed E-state index contributed by atoms with van der Waals surface area (Å²) < 4.78 is 0. The molecule has 0 spiro atoms. The molecule has 3 nitrogen and oxygen atoms in total. The first-order chi connectivity index (χ1) is 9.72. The molecule has 2 aromatic heterocycles. The first kappa shape index (κ1) is 13.1. The number of fused-ring (bicyclic) bond motifs is 1. The molecule has 1 N–H and O–H groups in total. The van der Waals surface area contributed by atoms with Crippen LogP contribution in [0.2, 0.25) is 5.02 Å². The molecule has 0 bridgehead atoms. The monoisotopic (exact) mass is 301 g/mol. The van der Waals surface area contributed by atoms with Crippen LogP contribution in [0.4, 0.5) is 5.82 Å². The number of aryl methyl sites for hydroxylation is 1. The van der Waals surface area contributed by atoms with E-state index in [0.29, 0.717) is 0 Å². The molecule has 0 amide bonds. The van der Waals surface area contributed by atoms with E-state index in [1.807, 2.05) is 48.0 Å². The lowest BCUT2D eigenvalue weighted by atomic mass is 10.1. The number of nitrogens with one attached hydrogen (secondary N) is 1. The van der Waals surface area contributed by atoms with Crippen LogP contribution in [0.15, 0.2) is 46.2 Å². The first-order valence-electron chi connectivity index (χ1n) is 6.10. The Kier molecular flexibility index (Phi) is 3.67. The van der Waals surface area contributed by atoms with Gasteiger partial charge in [0, 0.05) is 16.0 Å². The highest BCUT2D eigenvalue weighted by molar-refractivity contribution is 7.08. The molecule has 0 fully saturated rings. The Morgan fingerprint density at radius 3 is 3.00 bits per heavy atom. The van der Waals surface area contributed by atoms with E-state index in [1.165, 1.54) is 0 Å². The number of halogens is 1. The van der Waals surface area contributed by atoms with Gasteiger partial charge >= 0.3 is 0 Å². The van der Waals surface area contributed by atoms with E-state index in [9.17, 15) is 0 Å². The van der Waals surface area contributed by atoms with Crippen LogP contribution < -0.4 is 5.43 Å². The molecule has 3 aromatic rings. The molecular weight excluding hydrogens is 290 g/mol. The average molecular weight is 302 g/mol. The zero-order valence-corrected chi connectivity index (χ0v) is 12.4. The van der Waals surface area contributed by atoms with Crippen molar-refractivity contribution >= 4 is 45.9 Å². The van der Waals surface area contributed by atoms with Gasteiger partial charge in [-0.25, -0.2) is 4.98 Å². The highest BCUT2D eigenvalue weighted by Crippen LogP contribution is 2.23. The summed E-state index contributed by atoms with van der Waals surface area (Å²) in [6.07, 6.45) is 1.78. The molecule has 0 aliphatic rings. The van der Waals surface area contributed by atoms with Gasteiger partial charge in [-0.2, -0.15) is 16.4 Å². The molecule has 3 rings (SSSR count). The maximum Gasteiger partial charge on any atom is 0.147 e. The van der Waals surface area contributed by atoms with Crippen LogP contribution in [0.3, 0.4) is 0 Å². The number of hydrogen-bond acceptors (Lipinski definition) is 4. The van der Waals surface area contributed by atoms with E-state index < -0.39 is 0 Å². The highest BCUT2D eigenvalue weighted by atomic mass is 35.5. The Bertz CT molecular complexity index is 766. The molecule has 100 valence electrons. The summed E-state index contributed by atoms with van der Waals surface area (Å²) in [5.41, 5.74) is 6.06. The lowest BCUT2D eigenvalue weighted by molar-refractivity contribution is 1.25. The molecule has 0 saturated heterocycles. The second kappa shape index (κ2) is 5.61. The summed E-state index contributed by atoms with van der Waals surface area (Å²) >= 11 is 7.65. The fraction of sp³-hybridized carbons (Fsp3) is 0.0667. The van der Waals surface area contributed by atoms with Crippen LogP contribution >= 0.6 is 22.9 Å². The lowest BCUT2D eigenvalue weighted by Gasteiger charge is -2.06. The van der Waals surface area contributed by atoms with Crippen LogP contribution in [-0.2, 0) is 0 Å². The van der Waals surface area contributed by atoms with Gasteiger partial charge in [-0.1, -0.05) is 11.6 Å². The van der Waals surface area contributed by atoms with Crippen molar-refractivity contribution in [1.82, 2.24) is 4.98 Å². The number of rotatable bonds is 3. The number of hydrogen-bond donors (Lipinski definition) is 1. The second-order valence-corrected chi connectivity index (χ2v) is 5.63. The smallest absolute Gasteiger partial charge is 0.147 e. The minimum absolute atomic E-state index is 0.721. The molecule has 0 atom stereocenters. The lowest BCUT2D eigenvalue weighted by Crippen LogP contribution is -1.95. The van der Waals surface area contributed by atoms with Gasteiger partial charge in [0.25, 0.3) is 0 Å². The quantitative estimate of drug-likeness (QED) is 0.562. The third-order valence-corrected chi connectivity index (χ3v) is 3.85. The number of anilines is 1. The van der Waals surface area contributed by atoms with Crippen molar-refractivity contribution < 1.29 is 0 Å². The summed E-state index contributed by atoms with van der Waals surface area (Å²) in [7, 11) is 0.